The molecule has 1 aromatic heterocycles. The Morgan fingerprint density at radius 1 is 1.48 bits per heavy atom. The van der Waals surface area contributed by atoms with Gasteiger partial charge in [0, 0.05) is 18.8 Å². The second kappa shape index (κ2) is 8.05. The minimum absolute atomic E-state index is 0.225. The van der Waals surface area contributed by atoms with E-state index in [0.29, 0.717) is 18.2 Å². The molecule has 0 aromatic carbocycles. The van der Waals surface area contributed by atoms with Crippen LogP contribution in [0, 0.1) is 5.95 Å². The normalized spacial score (nSPS) is 18.9. The molecule has 2 N–H and O–H groups in total. The Morgan fingerprint density at radius 2 is 2.33 bits per heavy atom. The van der Waals surface area contributed by atoms with Crippen LogP contribution in [0.5, 0.6) is 0 Å². The van der Waals surface area contributed by atoms with E-state index in [4.69, 9.17) is 0 Å². The molecule has 0 radical (unpaired) electrons. The number of likely N-dealkylation sites (tertiary alicyclic amines) is 1. The second-order valence-corrected chi connectivity index (χ2v) is 5.35. The predicted molar refractivity (Wildman–Crippen MR) is 77.4 cm³/mol. The van der Waals surface area contributed by atoms with Gasteiger partial charge < -0.3 is 10.4 Å². The molecule has 116 valence electrons. The zero-order valence-corrected chi connectivity index (χ0v) is 12.1. The first-order valence-corrected chi connectivity index (χ1v) is 7.45. The van der Waals surface area contributed by atoms with E-state index >= 15 is 0 Å². The molecule has 0 bridgehead atoms. The Bertz CT molecular complexity index is 453. The van der Waals surface area contributed by atoms with Crippen LogP contribution in [0.1, 0.15) is 36.0 Å². The number of halogens is 1. The molecular weight excluding hydrogens is 273 g/mol. The van der Waals surface area contributed by atoms with Gasteiger partial charge in [-0.15, -0.1) is 0 Å². The molecule has 0 aliphatic carbocycles. The number of hydrogen-bond donors (Lipinski definition) is 2. The first-order valence-electron chi connectivity index (χ1n) is 7.45. The fourth-order valence-corrected chi connectivity index (χ4v) is 2.65. The van der Waals surface area contributed by atoms with E-state index < -0.39 is 5.95 Å². The molecule has 6 heteroatoms. The molecule has 1 amide bonds. The third-order valence-electron chi connectivity index (χ3n) is 3.86. The predicted octanol–water partition coefficient (Wildman–Crippen LogP) is 1.19. The van der Waals surface area contributed by atoms with Crippen molar-refractivity contribution in [2.24, 2.45) is 0 Å². The maximum absolute atomic E-state index is 12.6. The molecule has 1 saturated heterocycles. The lowest BCUT2D eigenvalue weighted by Crippen LogP contribution is -2.33. The Balaban J connectivity index is 1.61. The summed E-state index contributed by atoms with van der Waals surface area (Å²) in [6, 6.07) is 2.91. The Hall–Kier alpha value is -1.53. The highest BCUT2D eigenvalue weighted by Crippen LogP contribution is 2.16. The average Bonchev–Trinajstić information content (AvgIpc) is 2.95. The van der Waals surface area contributed by atoms with Crippen LogP contribution in [-0.2, 0) is 0 Å². The number of unbranched alkanes of at least 4 members (excludes halogenated alkanes) is 1. The van der Waals surface area contributed by atoms with E-state index in [-0.39, 0.29) is 12.5 Å². The van der Waals surface area contributed by atoms with Crippen LogP contribution in [0.15, 0.2) is 18.3 Å². The van der Waals surface area contributed by atoms with E-state index in [1.54, 1.807) is 0 Å². The van der Waals surface area contributed by atoms with Gasteiger partial charge in [0.1, 0.15) is 0 Å². The number of carbonyl (C=O) groups excluding carboxylic acids is 1. The van der Waals surface area contributed by atoms with Crippen molar-refractivity contribution in [3.8, 4) is 0 Å². The fraction of sp³-hybridized carbons (Fsp3) is 0.600. The molecule has 1 aliphatic rings. The van der Waals surface area contributed by atoms with E-state index in [2.05, 4.69) is 15.2 Å². The van der Waals surface area contributed by atoms with Crippen molar-refractivity contribution >= 4 is 5.91 Å². The molecule has 1 unspecified atom stereocenters. The van der Waals surface area contributed by atoms with Crippen LogP contribution in [0.3, 0.4) is 0 Å². The summed E-state index contributed by atoms with van der Waals surface area (Å²) in [5.74, 6) is -0.812. The minimum atomic E-state index is -0.587. The van der Waals surface area contributed by atoms with Crippen molar-refractivity contribution in [2.75, 3.05) is 26.2 Å². The smallest absolute Gasteiger partial charge is 0.252 e. The summed E-state index contributed by atoms with van der Waals surface area (Å²) in [6.45, 7) is 2.83. The minimum Gasteiger partial charge on any atom is -0.395 e. The average molecular weight is 295 g/mol. The number of aliphatic hydroxyl groups is 1. The van der Waals surface area contributed by atoms with Gasteiger partial charge >= 0.3 is 0 Å². The van der Waals surface area contributed by atoms with Gasteiger partial charge in [-0.1, -0.05) is 0 Å². The summed E-state index contributed by atoms with van der Waals surface area (Å²) in [5.41, 5.74) is 0.372. The number of rotatable bonds is 7. The largest absolute Gasteiger partial charge is 0.395 e. The Morgan fingerprint density at radius 3 is 3.05 bits per heavy atom. The molecule has 1 aliphatic heterocycles. The Labute approximate surface area is 124 Å². The summed E-state index contributed by atoms with van der Waals surface area (Å²) in [6.07, 6.45) is 5.33. The number of nitrogens with one attached hydrogen (secondary N) is 1. The molecule has 2 rings (SSSR count). The highest BCUT2D eigenvalue weighted by Gasteiger charge is 2.22. The number of hydrogen-bond acceptors (Lipinski definition) is 4. The van der Waals surface area contributed by atoms with E-state index in [9.17, 15) is 14.3 Å². The number of aliphatic hydroxyl groups excluding tert-OH is 1. The van der Waals surface area contributed by atoms with Gasteiger partial charge in [0.2, 0.25) is 5.95 Å². The molecule has 0 saturated carbocycles. The highest BCUT2D eigenvalue weighted by atomic mass is 19.1. The third-order valence-corrected chi connectivity index (χ3v) is 3.86. The lowest BCUT2D eigenvalue weighted by Gasteiger charge is -2.22. The number of aromatic nitrogens is 1. The van der Waals surface area contributed by atoms with Gasteiger partial charge in [-0.05, 0) is 50.9 Å². The van der Waals surface area contributed by atoms with Gasteiger partial charge in [-0.2, -0.15) is 4.39 Å². The van der Waals surface area contributed by atoms with Crippen LogP contribution in [0.2, 0.25) is 0 Å². The van der Waals surface area contributed by atoms with Gasteiger partial charge in [0.25, 0.3) is 5.91 Å². The topological polar surface area (TPSA) is 65.5 Å². The lowest BCUT2D eigenvalue weighted by molar-refractivity contribution is 0.0951. The molecule has 1 atom stereocenters. The Kier molecular flexibility index (Phi) is 6.07. The number of amides is 1. The molecule has 0 spiro atoms. The maximum Gasteiger partial charge on any atom is 0.252 e. The van der Waals surface area contributed by atoms with E-state index in [1.165, 1.54) is 18.3 Å². The summed E-state index contributed by atoms with van der Waals surface area (Å²) in [7, 11) is 0. The van der Waals surface area contributed by atoms with Gasteiger partial charge in [0.15, 0.2) is 0 Å². The van der Waals surface area contributed by atoms with Crippen molar-refractivity contribution in [3.63, 3.8) is 0 Å². The fourth-order valence-electron chi connectivity index (χ4n) is 2.65. The van der Waals surface area contributed by atoms with Crippen LogP contribution in [0.4, 0.5) is 4.39 Å². The molecule has 21 heavy (non-hydrogen) atoms. The first-order chi connectivity index (χ1) is 10.2. The molecule has 5 nitrogen and oxygen atoms in total. The number of carbonyl (C=O) groups is 1. The van der Waals surface area contributed by atoms with Crippen LogP contribution < -0.4 is 5.32 Å². The van der Waals surface area contributed by atoms with E-state index in [1.807, 2.05) is 0 Å². The summed E-state index contributed by atoms with van der Waals surface area (Å²) < 4.78 is 12.6. The van der Waals surface area contributed by atoms with Crippen molar-refractivity contribution in [1.82, 2.24) is 15.2 Å². The second-order valence-electron chi connectivity index (χ2n) is 5.35. The standard InChI is InChI=1S/C15H22FN3O2/c16-14-6-5-12(10-18-14)15(21)17-7-1-2-8-19-9-3-4-13(19)11-20/h5-6,10,13,20H,1-4,7-9,11H2,(H,17,21). The molecular formula is C15H22FN3O2. The van der Waals surface area contributed by atoms with Crippen LogP contribution >= 0.6 is 0 Å². The monoisotopic (exact) mass is 295 g/mol. The zero-order chi connectivity index (χ0) is 15.1. The quantitative estimate of drug-likeness (QED) is 0.586. The first kappa shape index (κ1) is 15.9. The summed E-state index contributed by atoms with van der Waals surface area (Å²) in [4.78, 5) is 17.5. The highest BCUT2D eigenvalue weighted by molar-refractivity contribution is 5.93. The van der Waals surface area contributed by atoms with Crippen molar-refractivity contribution < 1.29 is 14.3 Å². The maximum atomic E-state index is 12.6. The van der Waals surface area contributed by atoms with Crippen molar-refractivity contribution in [3.05, 3.63) is 29.8 Å². The SMILES string of the molecule is O=C(NCCCCN1CCCC1CO)c1ccc(F)nc1. The summed E-state index contributed by atoms with van der Waals surface area (Å²) >= 11 is 0. The molecule has 2 heterocycles. The molecule has 1 aromatic rings. The van der Waals surface area contributed by atoms with Crippen molar-refractivity contribution in [1.29, 1.82) is 0 Å². The third kappa shape index (κ3) is 4.75. The lowest BCUT2D eigenvalue weighted by atomic mass is 10.2. The van der Waals surface area contributed by atoms with Gasteiger partial charge in [-0.25, -0.2) is 4.98 Å². The molecule has 1 fully saturated rings. The number of nitrogens with zero attached hydrogens (tertiary/aromatic N) is 2. The summed E-state index contributed by atoms with van der Waals surface area (Å²) in [5, 5.41) is 12.0. The number of pyridine rings is 1. The van der Waals surface area contributed by atoms with Crippen LogP contribution in [-0.4, -0.2) is 53.2 Å². The van der Waals surface area contributed by atoms with Crippen LogP contribution in [0.25, 0.3) is 0 Å². The van der Waals surface area contributed by atoms with Gasteiger partial charge in [0.05, 0.1) is 12.2 Å². The van der Waals surface area contributed by atoms with Gasteiger partial charge in [-0.3, -0.25) is 9.69 Å². The van der Waals surface area contributed by atoms with E-state index in [0.717, 1.165) is 38.8 Å². The zero-order valence-electron chi connectivity index (χ0n) is 12.1. The van der Waals surface area contributed by atoms with Crippen molar-refractivity contribution in [2.45, 2.75) is 31.7 Å².